The van der Waals surface area contributed by atoms with Crippen LogP contribution in [0, 0.1) is 0 Å². The molecule has 2 aromatic heterocycles. The second kappa shape index (κ2) is 9.40. The van der Waals surface area contributed by atoms with Gasteiger partial charge in [-0.25, -0.2) is 4.98 Å². The van der Waals surface area contributed by atoms with E-state index in [1.807, 2.05) is 25.1 Å². The molecule has 7 nitrogen and oxygen atoms in total. The number of pyridine rings is 1. The number of rotatable bonds is 8. The number of nitrogens with zero attached hydrogens (tertiary/aromatic N) is 4. The highest BCUT2D eigenvalue weighted by Gasteiger charge is 2.31. The molecular formula is C20H21F3N6O. The highest BCUT2D eigenvalue weighted by molar-refractivity contribution is 5.67. The van der Waals surface area contributed by atoms with Gasteiger partial charge in [0, 0.05) is 48.9 Å². The summed E-state index contributed by atoms with van der Waals surface area (Å²) in [5.41, 5.74) is 1.80. The monoisotopic (exact) mass is 418 g/mol. The minimum absolute atomic E-state index is 0.321. The van der Waals surface area contributed by atoms with E-state index < -0.39 is 6.36 Å². The first-order valence-corrected chi connectivity index (χ1v) is 9.09. The van der Waals surface area contributed by atoms with Gasteiger partial charge in [0.1, 0.15) is 11.6 Å². The van der Waals surface area contributed by atoms with Gasteiger partial charge >= 0.3 is 6.36 Å². The first-order valence-electron chi connectivity index (χ1n) is 9.09. The molecule has 0 atom stereocenters. The van der Waals surface area contributed by atoms with Gasteiger partial charge in [-0.05, 0) is 38.4 Å². The molecule has 0 spiro atoms. The predicted molar refractivity (Wildman–Crippen MR) is 109 cm³/mol. The molecule has 2 heterocycles. The molecule has 0 fully saturated rings. The van der Waals surface area contributed by atoms with Gasteiger partial charge in [-0.2, -0.15) is 4.98 Å². The Hall–Kier alpha value is -3.40. The van der Waals surface area contributed by atoms with Crippen molar-refractivity contribution in [1.82, 2.24) is 19.9 Å². The van der Waals surface area contributed by atoms with E-state index in [0.29, 0.717) is 29.7 Å². The van der Waals surface area contributed by atoms with Crippen LogP contribution in [-0.4, -0.2) is 53.4 Å². The van der Waals surface area contributed by atoms with Crippen molar-refractivity contribution in [2.45, 2.75) is 6.36 Å². The van der Waals surface area contributed by atoms with E-state index >= 15 is 0 Å². The number of hydrogen-bond donors (Lipinski definition) is 2. The van der Waals surface area contributed by atoms with Crippen molar-refractivity contribution < 1.29 is 17.9 Å². The molecule has 0 amide bonds. The van der Waals surface area contributed by atoms with Crippen molar-refractivity contribution in [2.75, 3.05) is 37.8 Å². The maximum Gasteiger partial charge on any atom is 0.573 e. The number of hydrogen-bond acceptors (Lipinski definition) is 7. The number of alkyl halides is 3. The predicted octanol–water partition coefficient (Wildman–Crippen LogP) is 4.15. The molecule has 0 aliphatic heterocycles. The first-order chi connectivity index (χ1) is 14.3. The van der Waals surface area contributed by atoms with Gasteiger partial charge in [-0.3, -0.25) is 4.98 Å². The summed E-state index contributed by atoms with van der Waals surface area (Å²) in [5.74, 6) is 0.488. The normalized spacial score (nSPS) is 11.4. The number of halogens is 3. The van der Waals surface area contributed by atoms with E-state index in [0.717, 1.165) is 12.1 Å². The summed E-state index contributed by atoms with van der Waals surface area (Å²) in [6.07, 6.45) is -1.43. The average molecular weight is 418 g/mol. The Morgan fingerprint density at radius 2 is 1.90 bits per heavy atom. The topological polar surface area (TPSA) is 75.2 Å². The number of anilines is 3. The Morgan fingerprint density at radius 1 is 1.07 bits per heavy atom. The molecule has 3 aromatic rings. The molecule has 1 aromatic carbocycles. The van der Waals surface area contributed by atoms with Crippen LogP contribution < -0.4 is 15.4 Å². The van der Waals surface area contributed by atoms with Gasteiger partial charge in [0.2, 0.25) is 5.95 Å². The smallest absolute Gasteiger partial charge is 0.406 e. The van der Waals surface area contributed by atoms with Gasteiger partial charge in [-0.15, -0.1) is 13.2 Å². The van der Waals surface area contributed by atoms with Gasteiger partial charge in [0.05, 0.1) is 5.69 Å². The Labute approximate surface area is 171 Å². The zero-order chi connectivity index (χ0) is 21.6. The Kier molecular flexibility index (Phi) is 6.68. The van der Waals surface area contributed by atoms with Crippen molar-refractivity contribution in [3.8, 4) is 17.0 Å². The minimum atomic E-state index is -4.76. The molecule has 30 heavy (non-hydrogen) atoms. The SMILES string of the molecule is CN(C)CCNc1nc(Nc2cccc(OC(F)(F)F)c2)cc(-c2cccnc2)n1. The van der Waals surface area contributed by atoms with Crippen LogP contribution in [0.4, 0.5) is 30.6 Å². The van der Waals surface area contributed by atoms with Crippen LogP contribution in [0.15, 0.2) is 54.9 Å². The molecule has 0 unspecified atom stereocenters. The Morgan fingerprint density at radius 3 is 2.60 bits per heavy atom. The molecule has 2 N–H and O–H groups in total. The van der Waals surface area contributed by atoms with E-state index in [1.54, 1.807) is 30.6 Å². The lowest BCUT2D eigenvalue weighted by Crippen LogP contribution is -2.21. The molecule has 0 radical (unpaired) electrons. The lowest BCUT2D eigenvalue weighted by molar-refractivity contribution is -0.274. The van der Waals surface area contributed by atoms with Crippen molar-refractivity contribution in [2.24, 2.45) is 0 Å². The fourth-order valence-corrected chi connectivity index (χ4v) is 2.56. The summed E-state index contributed by atoms with van der Waals surface area (Å²) in [6.45, 7) is 1.40. The molecule has 0 saturated carbocycles. The fraction of sp³-hybridized carbons (Fsp3) is 0.250. The van der Waals surface area contributed by atoms with E-state index in [2.05, 4.69) is 30.3 Å². The maximum absolute atomic E-state index is 12.5. The molecule has 0 aliphatic rings. The molecule has 158 valence electrons. The lowest BCUT2D eigenvalue weighted by atomic mass is 10.2. The second-order valence-electron chi connectivity index (χ2n) is 6.63. The van der Waals surface area contributed by atoms with Crippen LogP contribution in [-0.2, 0) is 0 Å². The quantitative estimate of drug-likeness (QED) is 0.569. The van der Waals surface area contributed by atoms with Crippen molar-refractivity contribution in [3.05, 3.63) is 54.9 Å². The molecule has 3 rings (SSSR count). The van der Waals surface area contributed by atoms with Gasteiger partial charge in [-0.1, -0.05) is 6.07 Å². The highest BCUT2D eigenvalue weighted by atomic mass is 19.4. The molecular weight excluding hydrogens is 397 g/mol. The summed E-state index contributed by atoms with van der Waals surface area (Å²) >= 11 is 0. The second-order valence-corrected chi connectivity index (χ2v) is 6.63. The third kappa shape index (κ3) is 6.59. The number of ether oxygens (including phenoxy) is 1. The zero-order valence-electron chi connectivity index (χ0n) is 16.4. The lowest BCUT2D eigenvalue weighted by Gasteiger charge is -2.14. The minimum Gasteiger partial charge on any atom is -0.406 e. The number of nitrogens with one attached hydrogen (secondary N) is 2. The number of likely N-dealkylation sites (N-methyl/N-ethyl adjacent to an activating group) is 1. The largest absolute Gasteiger partial charge is 0.573 e. The third-order valence-corrected chi connectivity index (χ3v) is 3.87. The fourth-order valence-electron chi connectivity index (χ4n) is 2.56. The third-order valence-electron chi connectivity index (χ3n) is 3.87. The summed E-state index contributed by atoms with van der Waals surface area (Å²) in [5, 5.41) is 6.17. The van der Waals surface area contributed by atoms with Crippen LogP contribution in [0.2, 0.25) is 0 Å². The highest BCUT2D eigenvalue weighted by Crippen LogP contribution is 2.27. The number of aromatic nitrogens is 3. The van der Waals surface area contributed by atoms with Crippen LogP contribution in [0.5, 0.6) is 5.75 Å². The molecule has 0 aliphatic carbocycles. The van der Waals surface area contributed by atoms with E-state index in [1.165, 1.54) is 18.2 Å². The van der Waals surface area contributed by atoms with Crippen molar-refractivity contribution in [1.29, 1.82) is 0 Å². The standard InChI is InChI=1S/C20H21F3N6O/c1-29(2)10-9-25-19-27-17(14-5-4-8-24-13-14)12-18(28-19)26-15-6-3-7-16(11-15)30-20(21,22)23/h3-8,11-13H,9-10H2,1-2H3,(H2,25,26,27,28). The van der Waals surface area contributed by atoms with E-state index in [9.17, 15) is 13.2 Å². The summed E-state index contributed by atoms with van der Waals surface area (Å²) in [7, 11) is 3.91. The van der Waals surface area contributed by atoms with Gasteiger partial charge < -0.3 is 20.3 Å². The summed E-state index contributed by atoms with van der Waals surface area (Å²) in [6, 6.07) is 10.9. The summed E-state index contributed by atoms with van der Waals surface area (Å²) < 4.78 is 41.4. The van der Waals surface area contributed by atoms with E-state index in [4.69, 9.17) is 0 Å². The first kappa shape index (κ1) is 21.3. The summed E-state index contributed by atoms with van der Waals surface area (Å²) in [4.78, 5) is 15.1. The Balaban J connectivity index is 1.86. The molecule has 0 bridgehead atoms. The Bertz CT molecular complexity index is 966. The van der Waals surface area contributed by atoms with Crippen LogP contribution in [0.25, 0.3) is 11.3 Å². The van der Waals surface area contributed by atoms with Crippen LogP contribution in [0.1, 0.15) is 0 Å². The zero-order valence-corrected chi connectivity index (χ0v) is 16.4. The average Bonchev–Trinajstić information content (AvgIpc) is 2.67. The van der Waals surface area contributed by atoms with Crippen molar-refractivity contribution in [3.63, 3.8) is 0 Å². The van der Waals surface area contributed by atoms with Crippen LogP contribution >= 0.6 is 0 Å². The van der Waals surface area contributed by atoms with Gasteiger partial charge in [0.15, 0.2) is 0 Å². The van der Waals surface area contributed by atoms with Gasteiger partial charge in [0.25, 0.3) is 0 Å². The maximum atomic E-state index is 12.5. The van der Waals surface area contributed by atoms with Crippen LogP contribution in [0.3, 0.4) is 0 Å². The molecule has 10 heteroatoms. The number of benzene rings is 1. The van der Waals surface area contributed by atoms with E-state index in [-0.39, 0.29) is 5.75 Å². The van der Waals surface area contributed by atoms with Crippen molar-refractivity contribution >= 4 is 17.5 Å². The molecule has 0 saturated heterocycles.